The number of carbonyl (C=O) groups is 1. The average molecular weight is 472 g/mol. The van der Waals surface area contributed by atoms with Crippen LogP contribution in [0.2, 0.25) is 0 Å². The predicted octanol–water partition coefficient (Wildman–Crippen LogP) is 4.85. The monoisotopic (exact) mass is 471 g/mol. The second-order valence-electron chi connectivity index (χ2n) is 8.37. The van der Waals surface area contributed by atoms with Crippen LogP contribution < -0.4 is 15.2 Å². The molecule has 7 heteroatoms. The van der Waals surface area contributed by atoms with E-state index in [4.69, 9.17) is 9.72 Å². The molecule has 0 fully saturated rings. The molecule has 0 unspecified atom stereocenters. The van der Waals surface area contributed by atoms with Crippen LogP contribution >= 0.6 is 11.8 Å². The fourth-order valence-corrected chi connectivity index (χ4v) is 5.49. The Balaban J connectivity index is 1.59. The normalized spacial score (nSPS) is 15.9. The third kappa shape index (κ3) is 3.76. The fraction of sp³-hybridized carbons (Fsp3) is 0.222. The highest BCUT2D eigenvalue weighted by Crippen LogP contribution is 2.35. The van der Waals surface area contributed by atoms with Gasteiger partial charge in [0.25, 0.3) is 5.56 Å². The third-order valence-corrected chi connectivity index (χ3v) is 7.19. The molecule has 1 amide bonds. The van der Waals surface area contributed by atoms with Gasteiger partial charge in [0.2, 0.25) is 5.91 Å². The van der Waals surface area contributed by atoms with E-state index in [1.807, 2.05) is 72.5 Å². The van der Waals surface area contributed by atoms with E-state index in [2.05, 4.69) is 13.0 Å². The molecule has 34 heavy (non-hydrogen) atoms. The van der Waals surface area contributed by atoms with Crippen LogP contribution in [0, 0.1) is 0 Å². The average Bonchev–Trinajstić information content (AvgIpc) is 3.19. The van der Waals surface area contributed by atoms with Crippen molar-refractivity contribution in [2.75, 3.05) is 12.0 Å². The summed E-state index contributed by atoms with van der Waals surface area (Å²) in [5, 5.41) is 0.510. The lowest BCUT2D eigenvalue weighted by molar-refractivity contribution is -0.118. The molecule has 0 aliphatic carbocycles. The predicted molar refractivity (Wildman–Crippen MR) is 136 cm³/mol. The van der Waals surface area contributed by atoms with Crippen LogP contribution in [0.1, 0.15) is 19.4 Å². The Morgan fingerprint density at radius 2 is 1.71 bits per heavy atom. The molecule has 1 aliphatic heterocycles. The summed E-state index contributed by atoms with van der Waals surface area (Å²) >= 11 is 1.29. The standard InChI is InChI=1S/C27H25N3O3S/c1-17-16-19-10-4-7-13-22(19)29(17)25(31)18(2)34-27-28-21-12-6-5-11-20(21)26(32)30(27)23-14-8-9-15-24(23)33-3/h4-15,17-18H,16H2,1-3H3/t17-,18-/m0/s1. The summed E-state index contributed by atoms with van der Waals surface area (Å²) in [4.78, 5) is 33.9. The first kappa shape index (κ1) is 22.2. The van der Waals surface area contributed by atoms with Gasteiger partial charge in [-0.3, -0.25) is 14.2 Å². The molecule has 3 aromatic carbocycles. The van der Waals surface area contributed by atoms with Gasteiger partial charge >= 0.3 is 0 Å². The van der Waals surface area contributed by atoms with E-state index in [9.17, 15) is 9.59 Å². The number of carbonyl (C=O) groups excluding carboxylic acids is 1. The van der Waals surface area contributed by atoms with Gasteiger partial charge in [0, 0.05) is 11.7 Å². The van der Waals surface area contributed by atoms with E-state index in [1.54, 1.807) is 17.7 Å². The molecule has 0 saturated carbocycles. The molecule has 1 aromatic heterocycles. The highest BCUT2D eigenvalue weighted by molar-refractivity contribution is 8.00. The van der Waals surface area contributed by atoms with Gasteiger partial charge in [-0.25, -0.2) is 4.98 Å². The second kappa shape index (κ2) is 8.99. The largest absolute Gasteiger partial charge is 0.495 e. The lowest BCUT2D eigenvalue weighted by Crippen LogP contribution is -2.40. The smallest absolute Gasteiger partial charge is 0.266 e. The molecule has 2 heterocycles. The molecule has 5 rings (SSSR count). The zero-order chi connectivity index (χ0) is 23.8. The SMILES string of the molecule is COc1ccccc1-n1c(S[C@@H](C)C(=O)N2c3ccccc3C[C@@H]2C)nc2ccccc2c1=O. The van der Waals surface area contributed by atoms with Gasteiger partial charge in [-0.15, -0.1) is 0 Å². The van der Waals surface area contributed by atoms with Gasteiger partial charge in [-0.1, -0.05) is 54.2 Å². The van der Waals surface area contributed by atoms with E-state index < -0.39 is 5.25 Å². The summed E-state index contributed by atoms with van der Waals surface area (Å²) in [6, 6.07) is 22.7. The molecule has 0 spiro atoms. The van der Waals surface area contributed by atoms with Gasteiger partial charge in [0.05, 0.1) is 29.0 Å². The molecule has 0 saturated heterocycles. The second-order valence-corrected chi connectivity index (χ2v) is 9.68. The summed E-state index contributed by atoms with van der Waals surface area (Å²) in [6.45, 7) is 3.93. The molecule has 0 radical (unpaired) electrons. The number of thioether (sulfide) groups is 1. The van der Waals surface area contributed by atoms with Crippen LogP contribution in [0.4, 0.5) is 5.69 Å². The minimum atomic E-state index is -0.456. The maximum absolute atomic E-state index is 13.6. The van der Waals surface area contributed by atoms with Crippen LogP contribution in [0.15, 0.2) is 82.7 Å². The van der Waals surface area contributed by atoms with E-state index in [0.29, 0.717) is 27.5 Å². The van der Waals surface area contributed by atoms with Crippen molar-refractivity contribution < 1.29 is 9.53 Å². The molecule has 6 nitrogen and oxygen atoms in total. The Morgan fingerprint density at radius 1 is 1.03 bits per heavy atom. The lowest BCUT2D eigenvalue weighted by atomic mass is 10.1. The molecule has 4 aromatic rings. The summed E-state index contributed by atoms with van der Waals surface area (Å²) < 4.78 is 7.09. The molecule has 2 atom stereocenters. The maximum Gasteiger partial charge on any atom is 0.266 e. The number of fused-ring (bicyclic) bond motifs is 2. The number of benzene rings is 3. The minimum Gasteiger partial charge on any atom is -0.495 e. The molecule has 0 bridgehead atoms. The van der Waals surface area contributed by atoms with Crippen LogP contribution in [-0.4, -0.2) is 33.9 Å². The first-order chi connectivity index (χ1) is 16.5. The van der Waals surface area contributed by atoms with Gasteiger partial charge in [0.15, 0.2) is 5.16 Å². The third-order valence-electron chi connectivity index (χ3n) is 6.15. The number of ether oxygens (including phenoxy) is 1. The quantitative estimate of drug-likeness (QED) is 0.307. The van der Waals surface area contributed by atoms with Crippen LogP contribution in [-0.2, 0) is 11.2 Å². The van der Waals surface area contributed by atoms with Crippen molar-refractivity contribution >= 4 is 34.3 Å². The van der Waals surface area contributed by atoms with Crippen molar-refractivity contribution in [1.82, 2.24) is 9.55 Å². The maximum atomic E-state index is 13.6. The molecule has 172 valence electrons. The van der Waals surface area contributed by atoms with Crippen molar-refractivity contribution in [3.63, 3.8) is 0 Å². The van der Waals surface area contributed by atoms with E-state index in [0.717, 1.165) is 12.1 Å². The number of methoxy groups -OCH3 is 1. The highest BCUT2D eigenvalue weighted by Gasteiger charge is 2.34. The number of nitrogens with zero attached hydrogens (tertiary/aromatic N) is 3. The van der Waals surface area contributed by atoms with Gasteiger partial charge in [-0.2, -0.15) is 0 Å². The van der Waals surface area contributed by atoms with Crippen molar-refractivity contribution in [2.45, 2.75) is 36.7 Å². The van der Waals surface area contributed by atoms with Crippen LogP contribution in [0.5, 0.6) is 5.75 Å². The lowest BCUT2D eigenvalue weighted by Gasteiger charge is -2.26. The zero-order valence-corrected chi connectivity index (χ0v) is 20.1. The Hall–Kier alpha value is -3.58. The fourth-order valence-electron chi connectivity index (χ4n) is 4.52. The van der Waals surface area contributed by atoms with E-state index >= 15 is 0 Å². The highest BCUT2D eigenvalue weighted by atomic mass is 32.2. The molecule has 1 aliphatic rings. The van der Waals surface area contributed by atoms with Crippen LogP contribution in [0.25, 0.3) is 16.6 Å². The number of hydrogen-bond donors (Lipinski definition) is 0. The number of hydrogen-bond acceptors (Lipinski definition) is 5. The molecular weight excluding hydrogens is 446 g/mol. The Labute approximate surface area is 202 Å². The Morgan fingerprint density at radius 3 is 2.50 bits per heavy atom. The van der Waals surface area contributed by atoms with E-state index in [-0.39, 0.29) is 17.5 Å². The molecular formula is C27H25N3O3S. The minimum absolute atomic E-state index is 0.00330. The Bertz CT molecular complexity index is 1450. The topological polar surface area (TPSA) is 64.4 Å². The first-order valence-electron chi connectivity index (χ1n) is 11.2. The van der Waals surface area contributed by atoms with Gasteiger partial charge in [-0.05, 0) is 56.2 Å². The summed E-state index contributed by atoms with van der Waals surface area (Å²) in [7, 11) is 1.57. The zero-order valence-electron chi connectivity index (χ0n) is 19.3. The number of anilines is 1. The van der Waals surface area contributed by atoms with Gasteiger partial charge in [0.1, 0.15) is 5.75 Å². The van der Waals surface area contributed by atoms with Gasteiger partial charge < -0.3 is 9.64 Å². The number of amides is 1. The number of rotatable bonds is 5. The summed E-state index contributed by atoms with van der Waals surface area (Å²) in [5.41, 5.74) is 3.13. The van der Waals surface area contributed by atoms with E-state index in [1.165, 1.54) is 17.3 Å². The molecule has 0 N–H and O–H groups in total. The van der Waals surface area contributed by atoms with Crippen molar-refractivity contribution in [3.8, 4) is 11.4 Å². The summed E-state index contributed by atoms with van der Waals surface area (Å²) in [6.07, 6.45) is 0.833. The number of aromatic nitrogens is 2. The van der Waals surface area contributed by atoms with Crippen LogP contribution in [0.3, 0.4) is 0 Å². The Kier molecular flexibility index (Phi) is 5.87. The summed E-state index contributed by atoms with van der Waals surface area (Å²) in [5.74, 6) is 0.557. The van der Waals surface area contributed by atoms with Crippen molar-refractivity contribution in [2.24, 2.45) is 0 Å². The first-order valence-corrected chi connectivity index (χ1v) is 12.1. The number of para-hydroxylation sites is 4. The van der Waals surface area contributed by atoms with Crippen molar-refractivity contribution in [3.05, 3.63) is 88.7 Å². The van der Waals surface area contributed by atoms with Crippen molar-refractivity contribution in [1.29, 1.82) is 0 Å².